The fourth-order valence-electron chi connectivity index (χ4n) is 6.34. The van der Waals surface area contributed by atoms with Crippen molar-refractivity contribution in [2.75, 3.05) is 31.8 Å². The minimum atomic E-state index is -7.22. The first-order valence-electron chi connectivity index (χ1n) is 16.2. The van der Waals surface area contributed by atoms with Gasteiger partial charge in [0.1, 0.15) is 75.7 Å². The molecule has 0 spiro atoms. The van der Waals surface area contributed by atoms with Crippen LogP contribution in [0.3, 0.4) is 0 Å². The average molecular weight is 922 g/mol. The van der Waals surface area contributed by atoms with Crippen molar-refractivity contribution in [1.82, 2.24) is 0 Å². The van der Waals surface area contributed by atoms with Gasteiger partial charge in [-0.1, -0.05) is 12.1 Å². The Kier molecular flexibility index (Phi) is 15.0. The van der Waals surface area contributed by atoms with Crippen molar-refractivity contribution >= 4 is 38.9 Å². The summed E-state index contributed by atoms with van der Waals surface area (Å²) in [5.41, 5.74) is -13.1. The second-order valence-corrected chi connectivity index (χ2v) is 14.6. The van der Waals surface area contributed by atoms with Gasteiger partial charge in [0.25, 0.3) is 0 Å². The maximum atomic E-state index is 15.4. The van der Waals surface area contributed by atoms with Gasteiger partial charge in [0, 0.05) is 5.56 Å². The molecule has 0 aliphatic heterocycles. The Morgan fingerprint density at radius 2 is 0.590 bits per heavy atom. The maximum absolute atomic E-state index is 15.4. The van der Waals surface area contributed by atoms with Gasteiger partial charge in [0.15, 0.2) is 69.8 Å². The predicted molar refractivity (Wildman–Crippen MR) is 177 cm³/mol. The molecule has 0 aromatic heterocycles. The van der Waals surface area contributed by atoms with Gasteiger partial charge < -0.3 is 14.9 Å². The molecule has 0 radical (unpaired) electrons. The van der Waals surface area contributed by atoms with Crippen molar-refractivity contribution in [3.05, 3.63) is 146 Å². The number of halogens is 20. The Labute approximate surface area is 331 Å². The molecule has 61 heavy (non-hydrogen) atoms. The summed E-state index contributed by atoms with van der Waals surface area (Å²) >= 11 is 0. The van der Waals surface area contributed by atoms with E-state index in [1.54, 1.807) is 7.11 Å². The first-order chi connectivity index (χ1) is 28.5. The van der Waals surface area contributed by atoms with Gasteiger partial charge in [0.05, 0.1) is 20.3 Å². The second-order valence-electron chi connectivity index (χ2n) is 12.3. The number of methoxy groups -OCH3 is 1. The highest BCUT2D eigenvalue weighted by atomic mass is 32.2. The molecule has 0 amide bonds. The van der Waals surface area contributed by atoms with Gasteiger partial charge in [0.2, 0.25) is 0 Å². The molecular formula is C36H19BF20O3S. The fraction of sp³-hybridized carbons (Fsp3) is 0.167. The molecule has 0 heterocycles. The fourth-order valence-corrected chi connectivity index (χ4v) is 8.01. The molecule has 0 aliphatic rings. The average Bonchev–Trinajstić information content (AvgIpc) is 3.24. The summed E-state index contributed by atoms with van der Waals surface area (Å²) < 4.78 is 299. The third-order valence-corrected chi connectivity index (χ3v) is 11.3. The van der Waals surface area contributed by atoms with Crippen molar-refractivity contribution < 1.29 is 103 Å². The first-order valence-corrected chi connectivity index (χ1v) is 18.0. The van der Waals surface area contributed by atoms with Crippen LogP contribution in [0, 0.1) is 116 Å². The number of hydrogen-bond donors (Lipinski definition) is 2. The SMILES string of the molecule is COc1ccc(C[S+](CCO)CCO)cc1.Fc1c(F)c(F)c([B-](c2c(F)c(F)c(F)c(F)c2F)(c2c(F)c(F)c(F)c(F)c2F)c2c(F)c(F)c(F)c(F)c2F)c(F)c1F. The molecule has 0 unspecified atom stereocenters. The molecular weight excluding hydrogens is 903 g/mol. The van der Waals surface area contributed by atoms with E-state index in [0.717, 1.165) is 23.0 Å². The van der Waals surface area contributed by atoms with Crippen molar-refractivity contribution in [3.8, 4) is 5.75 Å². The number of hydrogen-bond acceptors (Lipinski definition) is 3. The highest BCUT2D eigenvalue weighted by molar-refractivity contribution is 7.96. The van der Waals surface area contributed by atoms with Gasteiger partial charge in [-0.15, -0.1) is 21.9 Å². The van der Waals surface area contributed by atoms with E-state index in [9.17, 15) is 52.7 Å². The predicted octanol–water partition coefficient (Wildman–Crippen LogP) is 6.64. The zero-order chi connectivity index (χ0) is 46.2. The summed E-state index contributed by atoms with van der Waals surface area (Å²) in [5, 5.41) is 17.9. The van der Waals surface area contributed by atoms with E-state index in [1.165, 1.54) is 5.56 Å². The number of aliphatic hydroxyl groups excluding tert-OH is 2. The van der Waals surface area contributed by atoms with E-state index in [-0.39, 0.29) is 24.1 Å². The Morgan fingerprint density at radius 1 is 0.377 bits per heavy atom. The van der Waals surface area contributed by atoms with Gasteiger partial charge >= 0.3 is 0 Å². The third kappa shape index (κ3) is 8.18. The Hall–Kier alpha value is -5.17. The van der Waals surface area contributed by atoms with Crippen molar-refractivity contribution in [2.45, 2.75) is 5.75 Å². The smallest absolute Gasteiger partial charge is 0.200 e. The van der Waals surface area contributed by atoms with Crippen molar-refractivity contribution in [3.63, 3.8) is 0 Å². The molecule has 5 rings (SSSR count). The molecule has 0 atom stereocenters. The van der Waals surface area contributed by atoms with E-state index in [2.05, 4.69) is 0 Å². The third-order valence-electron chi connectivity index (χ3n) is 9.00. The van der Waals surface area contributed by atoms with Gasteiger partial charge in [-0.2, -0.15) is 0 Å². The van der Waals surface area contributed by atoms with Crippen LogP contribution in [0.1, 0.15) is 5.56 Å². The van der Waals surface area contributed by atoms with Crippen LogP contribution in [-0.4, -0.2) is 48.2 Å². The largest absolute Gasteiger partial charge is 0.497 e. The van der Waals surface area contributed by atoms with Crippen LogP contribution in [-0.2, 0) is 16.6 Å². The van der Waals surface area contributed by atoms with E-state index < -0.39 is 144 Å². The first kappa shape index (κ1) is 48.5. The summed E-state index contributed by atoms with van der Waals surface area (Å²) in [6.07, 6.45) is -7.22. The van der Waals surface area contributed by atoms with E-state index in [4.69, 9.17) is 14.9 Å². The molecule has 2 N–H and O–H groups in total. The highest BCUT2D eigenvalue weighted by Gasteiger charge is 2.52. The lowest BCUT2D eigenvalue weighted by atomic mass is 9.12. The second kappa shape index (κ2) is 18.8. The van der Waals surface area contributed by atoms with Crippen LogP contribution in [0.25, 0.3) is 0 Å². The summed E-state index contributed by atoms with van der Waals surface area (Å²) in [6.45, 7) is 0.387. The van der Waals surface area contributed by atoms with Crippen LogP contribution in [0.4, 0.5) is 87.8 Å². The number of aliphatic hydroxyl groups is 2. The lowest BCUT2D eigenvalue weighted by Gasteiger charge is -2.44. The lowest BCUT2D eigenvalue weighted by Crippen LogP contribution is -2.81. The molecule has 0 fully saturated rings. The maximum Gasteiger partial charge on any atom is 0.200 e. The quantitative estimate of drug-likeness (QED) is 0.0514. The molecule has 0 saturated carbocycles. The van der Waals surface area contributed by atoms with Gasteiger partial charge in [-0.05, 0) is 23.0 Å². The molecule has 0 aliphatic carbocycles. The monoisotopic (exact) mass is 922 g/mol. The lowest BCUT2D eigenvalue weighted by molar-refractivity contribution is 0.316. The molecule has 3 nitrogen and oxygen atoms in total. The van der Waals surface area contributed by atoms with Gasteiger partial charge in [-0.25, -0.2) is 87.8 Å². The van der Waals surface area contributed by atoms with Crippen molar-refractivity contribution in [1.29, 1.82) is 0 Å². The summed E-state index contributed by atoms with van der Waals surface area (Å²) in [6, 6.07) is 7.95. The number of benzene rings is 5. The van der Waals surface area contributed by atoms with E-state index in [0.29, 0.717) is 0 Å². The molecule has 0 bridgehead atoms. The number of rotatable bonds is 11. The minimum absolute atomic E-state index is 0.0751. The standard InChI is InChI=1S/C24BF20.C12H19O3S/c26-5-1(6(27)14(35)21(42)13(5)34)25(2-7(28)15(36)22(43)16(37)8(2)29,3-9(30)17(38)23(44)18(39)10(3)31)4-11(32)19(40)24(45)20(41)12(4)33;1-15-12-4-2-11(3-5-12)10-16(8-6-13)9-7-14/h;2-5,13-14H,6-10H2,1H3/q-1;+1. The van der Waals surface area contributed by atoms with Crippen molar-refractivity contribution in [2.24, 2.45) is 0 Å². The molecule has 5 aromatic rings. The molecule has 0 saturated heterocycles. The van der Waals surface area contributed by atoms with Crippen LogP contribution >= 0.6 is 0 Å². The van der Waals surface area contributed by atoms with Crippen LogP contribution in [0.2, 0.25) is 0 Å². The summed E-state index contributed by atoms with van der Waals surface area (Å²) in [7, 11) is 1.73. The summed E-state index contributed by atoms with van der Waals surface area (Å²) in [4.78, 5) is 0. The topological polar surface area (TPSA) is 49.7 Å². The Balaban J connectivity index is 0.000000430. The zero-order valence-corrected chi connectivity index (χ0v) is 30.5. The highest BCUT2D eigenvalue weighted by Crippen LogP contribution is 2.31. The van der Waals surface area contributed by atoms with E-state index >= 15 is 35.1 Å². The minimum Gasteiger partial charge on any atom is -0.497 e. The molecule has 5 aromatic carbocycles. The Bertz CT molecular complexity index is 2100. The normalized spacial score (nSPS) is 11.7. The van der Waals surface area contributed by atoms with Crippen LogP contribution in [0.5, 0.6) is 5.75 Å². The zero-order valence-electron chi connectivity index (χ0n) is 29.7. The molecule has 25 heteroatoms. The van der Waals surface area contributed by atoms with E-state index in [1.807, 2.05) is 24.3 Å². The Morgan fingerprint density at radius 3 is 0.787 bits per heavy atom. The van der Waals surface area contributed by atoms with Gasteiger partial charge in [-0.3, -0.25) is 0 Å². The van der Waals surface area contributed by atoms with Crippen LogP contribution in [0.15, 0.2) is 24.3 Å². The van der Waals surface area contributed by atoms with Crippen LogP contribution < -0.4 is 26.6 Å². The number of ether oxygens (including phenoxy) is 1. The summed E-state index contributed by atoms with van der Waals surface area (Å²) in [5.74, 6) is -68.1. The molecule has 330 valence electrons.